The summed E-state index contributed by atoms with van der Waals surface area (Å²) in [6.45, 7) is 1.90. The topological polar surface area (TPSA) is 42.0 Å². The molecule has 0 aliphatic rings. The lowest BCUT2D eigenvalue weighted by molar-refractivity contribution is 0.102. The summed E-state index contributed by atoms with van der Waals surface area (Å²) in [7, 11) is 0. The van der Waals surface area contributed by atoms with E-state index < -0.39 is 0 Å². The summed E-state index contributed by atoms with van der Waals surface area (Å²) in [5.74, 6) is -0.152. The number of thiol groups is 1. The van der Waals surface area contributed by atoms with Crippen LogP contribution in [0.25, 0.3) is 10.9 Å². The lowest BCUT2D eigenvalue weighted by Gasteiger charge is -2.09. The molecule has 1 N–H and O–H groups in total. The zero-order chi connectivity index (χ0) is 14.8. The Morgan fingerprint density at radius 1 is 1.14 bits per heavy atom. The molecular formula is C17H14N2OS. The molecule has 21 heavy (non-hydrogen) atoms. The molecule has 4 heteroatoms. The number of nitrogens with one attached hydrogen (secondary N) is 1. The van der Waals surface area contributed by atoms with E-state index in [1.54, 1.807) is 12.3 Å². The number of aryl methyl sites for hydroxylation is 1. The second-order valence-electron chi connectivity index (χ2n) is 4.87. The molecule has 0 radical (unpaired) electrons. The number of amides is 1. The van der Waals surface area contributed by atoms with Crippen LogP contribution in [0.15, 0.2) is 59.6 Å². The van der Waals surface area contributed by atoms with E-state index in [0.29, 0.717) is 11.3 Å². The smallest absolute Gasteiger partial charge is 0.256 e. The number of carbonyl (C=O) groups is 1. The van der Waals surface area contributed by atoms with E-state index in [1.165, 1.54) is 0 Å². The van der Waals surface area contributed by atoms with Crippen molar-refractivity contribution in [3.05, 3.63) is 65.9 Å². The van der Waals surface area contributed by atoms with Crippen molar-refractivity contribution in [3.63, 3.8) is 0 Å². The Hall–Kier alpha value is -2.33. The van der Waals surface area contributed by atoms with Gasteiger partial charge in [-0.1, -0.05) is 24.3 Å². The highest BCUT2D eigenvalue weighted by Gasteiger charge is 2.10. The van der Waals surface area contributed by atoms with E-state index in [1.807, 2.05) is 49.4 Å². The number of aromatic nitrogens is 1. The third kappa shape index (κ3) is 2.90. The number of hydrogen-bond acceptors (Lipinski definition) is 3. The van der Waals surface area contributed by atoms with Gasteiger partial charge in [0.05, 0.1) is 17.4 Å². The number of anilines is 1. The van der Waals surface area contributed by atoms with Gasteiger partial charge in [0.15, 0.2) is 0 Å². The number of para-hydroxylation sites is 1. The molecule has 0 aliphatic carbocycles. The van der Waals surface area contributed by atoms with Crippen molar-refractivity contribution in [3.8, 4) is 0 Å². The Morgan fingerprint density at radius 2 is 1.95 bits per heavy atom. The average molecular weight is 294 g/mol. The maximum Gasteiger partial charge on any atom is 0.256 e. The van der Waals surface area contributed by atoms with Crippen molar-refractivity contribution < 1.29 is 4.79 Å². The van der Waals surface area contributed by atoms with Crippen molar-refractivity contribution in [1.82, 2.24) is 4.98 Å². The third-order valence-corrected chi connectivity index (χ3v) is 3.59. The summed E-state index contributed by atoms with van der Waals surface area (Å²) >= 11 is 4.28. The van der Waals surface area contributed by atoms with Crippen LogP contribution in [0.5, 0.6) is 0 Å². The van der Waals surface area contributed by atoms with Crippen LogP contribution in [0.1, 0.15) is 15.9 Å². The summed E-state index contributed by atoms with van der Waals surface area (Å²) in [5, 5.41) is 3.88. The molecule has 1 aromatic heterocycles. The number of fused-ring (bicyclic) bond motifs is 1. The van der Waals surface area contributed by atoms with Crippen LogP contribution in [0.4, 0.5) is 5.69 Å². The van der Waals surface area contributed by atoms with E-state index in [2.05, 4.69) is 22.9 Å². The Labute approximate surface area is 128 Å². The van der Waals surface area contributed by atoms with Crippen LogP contribution in [-0.2, 0) is 0 Å². The molecule has 104 valence electrons. The highest BCUT2D eigenvalue weighted by molar-refractivity contribution is 7.80. The first-order chi connectivity index (χ1) is 10.1. The van der Waals surface area contributed by atoms with Gasteiger partial charge in [0.2, 0.25) is 0 Å². The molecule has 0 fully saturated rings. The maximum atomic E-state index is 12.4. The quantitative estimate of drug-likeness (QED) is 0.699. The molecule has 0 bridgehead atoms. The minimum Gasteiger partial charge on any atom is -0.321 e. The number of benzene rings is 2. The molecule has 2 aromatic carbocycles. The molecule has 0 aliphatic heterocycles. The number of hydrogen-bond donors (Lipinski definition) is 2. The first-order valence-corrected chi connectivity index (χ1v) is 7.04. The molecule has 3 nitrogen and oxygen atoms in total. The van der Waals surface area contributed by atoms with Crippen LogP contribution < -0.4 is 5.32 Å². The second kappa shape index (κ2) is 5.58. The fraction of sp³-hybridized carbons (Fsp3) is 0.0588. The van der Waals surface area contributed by atoms with Gasteiger partial charge >= 0.3 is 0 Å². The van der Waals surface area contributed by atoms with Gasteiger partial charge in [-0.05, 0) is 36.8 Å². The molecule has 0 unspecified atom stereocenters. The van der Waals surface area contributed by atoms with Gasteiger partial charge in [0.25, 0.3) is 5.91 Å². The summed E-state index contributed by atoms with van der Waals surface area (Å²) in [4.78, 5) is 17.5. The SMILES string of the molecule is Cc1ccc(S)cc1C(=O)Nc1cnc2ccccc2c1. The number of pyridine rings is 1. The first-order valence-electron chi connectivity index (χ1n) is 6.59. The highest BCUT2D eigenvalue weighted by Crippen LogP contribution is 2.19. The fourth-order valence-corrected chi connectivity index (χ4v) is 2.40. The Bertz CT molecular complexity index is 830. The van der Waals surface area contributed by atoms with Gasteiger partial charge in [-0.3, -0.25) is 9.78 Å². The Kier molecular flexibility index (Phi) is 3.62. The minimum absolute atomic E-state index is 0.152. The van der Waals surface area contributed by atoms with Gasteiger partial charge in [0, 0.05) is 15.8 Å². The number of carbonyl (C=O) groups excluding carboxylic acids is 1. The molecule has 3 rings (SSSR count). The van der Waals surface area contributed by atoms with Crippen LogP contribution in [-0.4, -0.2) is 10.9 Å². The summed E-state index contributed by atoms with van der Waals surface area (Å²) in [6, 6.07) is 15.2. The molecule has 0 saturated carbocycles. The molecule has 3 aromatic rings. The number of nitrogens with zero attached hydrogens (tertiary/aromatic N) is 1. The molecule has 1 heterocycles. The molecule has 0 spiro atoms. The summed E-state index contributed by atoms with van der Waals surface area (Å²) in [6.07, 6.45) is 1.67. The predicted octanol–water partition coefficient (Wildman–Crippen LogP) is 4.08. The number of rotatable bonds is 2. The monoisotopic (exact) mass is 294 g/mol. The van der Waals surface area contributed by atoms with Crippen molar-refractivity contribution in [2.75, 3.05) is 5.32 Å². The summed E-state index contributed by atoms with van der Waals surface area (Å²) < 4.78 is 0. The minimum atomic E-state index is -0.152. The van der Waals surface area contributed by atoms with Crippen LogP contribution >= 0.6 is 12.6 Å². The first kappa shape index (κ1) is 13.6. The van der Waals surface area contributed by atoms with Crippen molar-refractivity contribution in [1.29, 1.82) is 0 Å². The standard InChI is InChI=1S/C17H14N2OS/c1-11-6-7-14(21)9-15(11)17(20)19-13-8-12-4-2-3-5-16(12)18-10-13/h2-10,21H,1H3,(H,19,20). The zero-order valence-corrected chi connectivity index (χ0v) is 12.4. The normalized spacial score (nSPS) is 10.6. The van der Waals surface area contributed by atoms with E-state index in [-0.39, 0.29) is 5.91 Å². The largest absolute Gasteiger partial charge is 0.321 e. The molecule has 0 saturated heterocycles. The third-order valence-electron chi connectivity index (χ3n) is 3.31. The van der Waals surface area contributed by atoms with Crippen LogP contribution in [0, 0.1) is 6.92 Å². The van der Waals surface area contributed by atoms with Crippen molar-refractivity contribution in [2.45, 2.75) is 11.8 Å². The molecule has 1 amide bonds. The maximum absolute atomic E-state index is 12.4. The fourth-order valence-electron chi connectivity index (χ4n) is 2.19. The zero-order valence-electron chi connectivity index (χ0n) is 11.5. The molecular weight excluding hydrogens is 280 g/mol. The van der Waals surface area contributed by atoms with Gasteiger partial charge in [-0.15, -0.1) is 12.6 Å². The second-order valence-corrected chi connectivity index (χ2v) is 5.39. The van der Waals surface area contributed by atoms with Crippen LogP contribution in [0.3, 0.4) is 0 Å². The molecule has 0 atom stereocenters. The van der Waals surface area contributed by atoms with E-state index in [9.17, 15) is 4.79 Å². The van der Waals surface area contributed by atoms with Crippen molar-refractivity contribution >= 4 is 35.1 Å². The van der Waals surface area contributed by atoms with E-state index in [0.717, 1.165) is 21.4 Å². The lowest BCUT2D eigenvalue weighted by atomic mass is 10.1. The van der Waals surface area contributed by atoms with Gasteiger partial charge in [-0.2, -0.15) is 0 Å². The van der Waals surface area contributed by atoms with Crippen molar-refractivity contribution in [2.24, 2.45) is 0 Å². The predicted molar refractivity (Wildman–Crippen MR) is 88.1 cm³/mol. The lowest BCUT2D eigenvalue weighted by Crippen LogP contribution is -2.13. The Morgan fingerprint density at radius 3 is 2.81 bits per heavy atom. The van der Waals surface area contributed by atoms with Crippen LogP contribution in [0.2, 0.25) is 0 Å². The Balaban J connectivity index is 1.90. The van der Waals surface area contributed by atoms with E-state index in [4.69, 9.17) is 0 Å². The van der Waals surface area contributed by atoms with Gasteiger partial charge in [0.1, 0.15) is 0 Å². The highest BCUT2D eigenvalue weighted by atomic mass is 32.1. The van der Waals surface area contributed by atoms with E-state index >= 15 is 0 Å². The van der Waals surface area contributed by atoms with Gasteiger partial charge < -0.3 is 5.32 Å². The van der Waals surface area contributed by atoms with Gasteiger partial charge in [-0.25, -0.2) is 0 Å². The summed E-state index contributed by atoms with van der Waals surface area (Å²) in [5.41, 5.74) is 3.13. The average Bonchev–Trinajstić information content (AvgIpc) is 2.49.